The molecular weight excluding hydrogens is 344 g/mol. The van der Waals surface area contributed by atoms with Gasteiger partial charge < -0.3 is 14.2 Å². The van der Waals surface area contributed by atoms with Crippen molar-refractivity contribution >= 4 is 11.9 Å². The average Bonchev–Trinajstić information content (AvgIpc) is 2.59. The third-order valence-corrected chi connectivity index (χ3v) is 3.54. The minimum Gasteiger partial charge on any atom is -0.491 e. The van der Waals surface area contributed by atoms with E-state index in [4.69, 9.17) is 14.2 Å². The number of carbonyl (C=O) groups excluding carboxylic acids is 2. The Morgan fingerprint density at radius 3 is 2.30 bits per heavy atom. The molecule has 0 bridgehead atoms. The van der Waals surface area contributed by atoms with Gasteiger partial charge in [-0.25, -0.2) is 4.79 Å². The van der Waals surface area contributed by atoms with Gasteiger partial charge in [0.2, 0.25) is 0 Å². The first-order chi connectivity index (χ1) is 12.7. The molecule has 27 heavy (non-hydrogen) atoms. The Labute approximate surface area is 160 Å². The zero-order valence-corrected chi connectivity index (χ0v) is 16.2. The zero-order chi connectivity index (χ0) is 19.9. The molecule has 0 saturated heterocycles. The van der Waals surface area contributed by atoms with Crippen molar-refractivity contribution in [3.8, 4) is 11.5 Å². The van der Waals surface area contributed by atoms with Crippen LogP contribution >= 0.6 is 0 Å². The normalized spacial score (nSPS) is 12.1. The molecule has 0 radical (unpaired) electrons. The summed E-state index contributed by atoms with van der Waals surface area (Å²) in [7, 11) is 0. The predicted octanol–water partition coefficient (Wildman–Crippen LogP) is 4.80. The fraction of sp³-hybridized carbons (Fsp3) is 0.364. The molecule has 0 aliphatic heterocycles. The van der Waals surface area contributed by atoms with Gasteiger partial charge in [0.1, 0.15) is 17.1 Å². The van der Waals surface area contributed by atoms with E-state index in [9.17, 15) is 9.59 Å². The van der Waals surface area contributed by atoms with E-state index in [1.807, 2.05) is 33.8 Å². The summed E-state index contributed by atoms with van der Waals surface area (Å²) in [6.07, 6.45) is 0.627. The lowest BCUT2D eigenvalue weighted by atomic mass is 10.2. The highest BCUT2D eigenvalue weighted by molar-refractivity contribution is 5.91. The second-order valence-corrected chi connectivity index (χ2v) is 7.28. The monoisotopic (exact) mass is 370 g/mol. The van der Waals surface area contributed by atoms with E-state index in [1.165, 1.54) is 0 Å². The van der Waals surface area contributed by atoms with Crippen molar-refractivity contribution in [2.45, 2.75) is 52.2 Å². The van der Waals surface area contributed by atoms with Crippen molar-refractivity contribution in [2.75, 3.05) is 0 Å². The lowest BCUT2D eigenvalue weighted by Crippen LogP contribution is -2.25. The highest BCUT2D eigenvalue weighted by Crippen LogP contribution is 2.22. The minimum absolute atomic E-state index is 0.183. The lowest BCUT2D eigenvalue weighted by molar-refractivity contribution is -0.155. The van der Waals surface area contributed by atoms with Crippen LogP contribution in [-0.2, 0) is 9.53 Å². The van der Waals surface area contributed by atoms with Crippen LogP contribution in [0.4, 0.5) is 0 Å². The van der Waals surface area contributed by atoms with Crippen LogP contribution in [0.25, 0.3) is 0 Å². The standard InChI is InChI=1S/C22H26O5/c1-16(13-14-20(23)27-22(2,3)4)25-18-11-8-12-19(15-18)26-21(24)17-9-6-5-7-10-17/h5-12,15-16H,13-14H2,1-4H3/t16-/m1/s1. The van der Waals surface area contributed by atoms with E-state index in [1.54, 1.807) is 48.5 Å². The number of rotatable bonds is 7. The number of hydrogen-bond donors (Lipinski definition) is 0. The third-order valence-electron chi connectivity index (χ3n) is 3.54. The molecule has 5 nitrogen and oxygen atoms in total. The van der Waals surface area contributed by atoms with Gasteiger partial charge in [0.25, 0.3) is 0 Å². The Kier molecular flexibility index (Phi) is 6.99. The summed E-state index contributed by atoms with van der Waals surface area (Å²) >= 11 is 0. The molecule has 0 N–H and O–H groups in total. The third kappa shape index (κ3) is 7.52. The summed E-state index contributed by atoms with van der Waals surface area (Å²) in [5.41, 5.74) is -0.00689. The quantitative estimate of drug-likeness (QED) is 0.518. The van der Waals surface area contributed by atoms with Crippen LogP contribution in [0.3, 0.4) is 0 Å². The molecule has 0 aliphatic rings. The summed E-state index contributed by atoms with van der Waals surface area (Å²) in [6.45, 7) is 7.40. The summed E-state index contributed by atoms with van der Waals surface area (Å²) in [5, 5.41) is 0. The van der Waals surface area contributed by atoms with Crippen LogP contribution < -0.4 is 9.47 Å². The number of ether oxygens (including phenoxy) is 3. The van der Waals surface area contributed by atoms with E-state index in [-0.39, 0.29) is 18.5 Å². The van der Waals surface area contributed by atoms with Gasteiger partial charge in [-0.2, -0.15) is 0 Å². The van der Waals surface area contributed by atoms with E-state index >= 15 is 0 Å². The second-order valence-electron chi connectivity index (χ2n) is 7.28. The van der Waals surface area contributed by atoms with Crippen molar-refractivity contribution in [2.24, 2.45) is 0 Å². The average molecular weight is 370 g/mol. The molecule has 0 aromatic heterocycles. The van der Waals surface area contributed by atoms with Gasteiger partial charge >= 0.3 is 11.9 Å². The molecule has 2 aromatic carbocycles. The smallest absolute Gasteiger partial charge is 0.343 e. The maximum Gasteiger partial charge on any atom is 0.343 e. The summed E-state index contributed by atoms with van der Waals surface area (Å²) in [4.78, 5) is 23.9. The van der Waals surface area contributed by atoms with Crippen molar-refractivity contribution in [1.29, 1.82) is 0 Å². The lowest BCUT2D eigenvalue weighted by Gasteiger charge is -2.20. The maximum absolute atomic E-state index is 12.1. The molecule has 2 aromatic rings. The Bertz CT molecular complexity index is 762. The van der Waals surface area contributed by atoms with Gasteiger partial charge in [0, 0.05) is 12.5 Å². The van der Waals surface area contributed by atoms with Crippen LogP contribution in [-0.4, -0.2) is 23.6 Å². The topological polar surface area (TPSA) is 61.8 Å². The van der Waals surface area contributed by atoms with Crippen LogP contribution in [0.15, 0.2) is 54.6 Å². The van der Waals surface area contributed by atoms with Crippen LogP contribution in [0.1, 0.15) is 50.9 Å². The first-order valence-corrected chi connectivity index (χ1v) is 8.99. The van der Waals surface area contributed by atoms with Crippen molar-refractivity contribution in [3.05, 3.63) is 60.2 Å². The first kappa shape index (κ1) is 20.5. The van der Waals surface area contributed by atoms with E-state index in [2.05, 4.69) is 0 Å². The van der Waals surface area contributed by atoms with Gasteiger partial charge in [-0.15, -0.1) is 0 Å². The van der Waals surface area contributed by atoms with Crippen molar-refractivity contribution < 1.29 is 23.8 Å². The zero-order valence-electron chi connectivity index (χ0n) is 16.2. The largest absolute Gasteiger partial charge is 0.491 e. The van der Waals surface area contributed by atoms with Crippen molar-refractivity contribution in [3.63, 3.8) is 0 Å². The summed E-state index contributed by atoms with van der Waals surface area (Å²) in [6, 6.07) is 15.7. The minimum atomic E-state index is -0.488. The molecule has 5 heteroatoms. The van der Waals surface area contributed by atoms with Crippen molar-refractivity contribution in [1.82, 2.24) is 0 Å². The molecule has 144 valence electrons. The Morgan fingerprint density at radius 1 is 0.963 bits per heavy atom. The van der Waals surface area contributed by atoms with E-state index in [0.717, 1.165) is 0 Å². The van der Waals surface area contributed by atoms with Crippen LogP contribution in [0.2, 0.25) is 0 Å². The maximum atomic E-state index is 12.1. The van der Waals surface area contributed by atoms with E-state index < -0.39 is 11.6 Å². The molecule has 2 rings (SSSR count). The molecule has 0 heterocycles. The van der Waals surface area contributed by atoms with Gasteiger partial charge in [-0.1, -0.05) is 24.3 Å². The fourth-order valence-electron chi connectivity index (χ4n) is 2.36. The van der Waals surface area contributed by atoms with Gasteiger partial charge in [0.05, 0.1) is 11.7 Å². The Balaban J connectivity index is 1.87. The predicted molar refractivity (Wildman–Crippen MR) is 103 cm³/mol. The molecule has 0 fully saturated rings. The second kappa shape index (κ2) is 9.21. The Morgan fingerprint density at radius 2 is 1.63 bits per heavy atom. The molecular formula is C22H26O5. The summed E-state index contributed by atoms with van der Waals surface area (Å²) in [5.74, 6) is 0.306. The molecule has 0 amide bonds. The SMILES string of the molecule is C[C@H](CCC(=O)OC(C)(C)C)Oc1cccc(OC(=O)c2ccccc2)c1. The number of esters is 2. The molecule has 0 spiro atoms. The number of benzene rings is 2. The molecule has 0 unspecified atom stereocenters. The molecule has 0 saturated carbocycles. The fourth-order valence-corrected chi connectivity index (χ4v) is 2.36. The number of carbonyl (C=O) groups is 2. The van der Waals surface area contributed by atoms with Gasteiger partial charge in [0.15, 0.2) is 0 Å². The first-order valence-electron chi connectivity index (χ1n) is 8.99. The highest BCUT2D eigenvalue weighted by atomic mass is 16.6. The molecule has 0 aliphatic carbocycles. The van der Waals surface area contributed by atoms with Crippen LogP contribution in [0, 0.1) is 0 Å². The van der Waals surface area contributed by atoms with Gasteiger partial charge in [-0.05, 0) is 58.4 Å². The van der Waals surface area contributed by atoms with Gasteiger partial charge in [-0.3, -0.25) is 4.79 Å². The highest BCUT2D eigenvalue weighted by Gasteiger charge is 2.17. The van der Waals surface area contributed by atoms with Crippen LogP contribution in [0.5, 0.6) is 11.5 Å². The number of hydrogen-bond acceptors (Lipinski definition) is 5. The molecule has 1 atom stereocenters. The van der Waals surface area contributed by atoms with E-state index in [0.29, 0.717) is 23.5 Å². The summed E-state index contributed by atoms with van der Waals surface area (Å²) < 4.78 is 16.5. The Hall–Kier alpha value is -2.82.